The molecular formula is C27H37N3O4. The van der Waals surface area contributed by atoms with E-state index in [2.05, 4.69) is 22.9 Å². The van der Waals surface area contributed by atoms with Crippen LogP contribution in [-0.2, 0) is 9.53 Å². The number of carbonyl (C=O) groups excluding carboxylic acids is 2. The second-order valence-electron chi connectivity index (χ2n) is 8.62. The predicted octanol–water partition coefficient (Wildman–Crippen LogP) is 5.00. The number of amides is 2. The van der Waals surface area contributed by atoms with Gasteiger partial charge in [0.25, 0.3) is 5.91 Å². The van der Waals surface area contributed by atoms with E-state index in [-0.39, 0.29) is 24.5 Å². The molecule has 2 aromatic rings. The van der Waals surface area contributed by atoms with Crippen molar-refractivity contribution in [1.29, 1.82) is 0 Å². The van der Waals surface area contributed by atoms with Crippen molar-refractivity contribution in [3.05, 3.63) is 54.1 Å². The molecule has 1 atom stereocenters. The Hall–Kier alpha value is -3.06. The molecule has 1 unspecified atom stereocenters. The Morgan fingerprint density at radius 2 is 1.85 bits per heavy atom. The second kappa shape index (κ2) is 14.3. The molecule has 0 bridgehead atoms. The summed E-state index contributed by atoms with van der Waals surface area (Å²) in [6.45, 7) is 4.25. The van der Waals surface area contributed by atoms with Crippen LogP contribution in [0.2, 0.25) is 0 Å². The summed E-state index contributed by atoms with van der Waals surface area (Å²) in [6.07, 6.45) is 8.07. The van der Waals surface area contributed by atoms with Crippen LogP contribution in [0.15, 0.2) is 48.5 Å². The van der Waals surface area contributed by atoms with E-state index in [1.54, 1.807) is 18.2 Å². The van der Waals surface area contributed by atoms with Gasteiger partial charge in [0.05, 0.1) is 19.3 Å². The van der Waals surface area contributed by atoms with Gasteiger partial charge in [-0.2, -0.15) is 0 Å². The number of benzene rings is 2. The molecule has 1 aliphatic heterocycles. The fraction of sp³-hybridized carbons (Fsp3) is 0.481. The Morgan fingerprint density at radius 1 is 1.03 bits per heavy atom. The zero-order valence-corrected chi connectivity index (χ0v) is 20.1. The van der Waals surface area contributed by atoms with Crippen LogP contribution in [0, 0.1) is 0 Å². The number of ether oxygens (including phenoxy) is 2. The van der Waals surface area contributed by atoms with Crippen molar-refractivity contribution in [3.63, 3.8) is 0 Å². The molecule has 1 saturated heterocycles. The summed E-state index contributed by atoms with van der Waals surface area (Å²) in [7, 11) is 0. The van der Waals surface area contributed by atoms with Gasteiger partial charge in [0.2, 0.25) is 5.91 Å². The first-order valence-corrected chi connectivity index (χ1v) is 12.4. The minimum atomic E-state index is -0.176. The predicted molar refractivity (Wildman–Crippen MR) is 136 cm³/mol. The van der Waals surface area contributed by atoms with E-state index in [0.717, 1.165) is 31.6 Å². The van der Waals surface area contributed by atoms with Crippen LogP contribution < -0.4 is 20.7 Å². The van der Waals surface area contributed by atoms with Gasteiger partial charge in [-0.15, -0.1) is 0 Å². The highest BCUT2D eigenvalue weighted by Gasteiger charge is 2.16. The van der Waals surface area contributed by atoms with Gasteiger partial charge in [-0.25, -0.2) is 0 Å². The number of anilines is 2. The molecule has 7 heteroatoms. The number of carbonyl (C=O) groups is 2. The molecule has 2 amide bonds. The number of rotatable bonds is 14. The third-order valence-corrected chi connectivity index (χ3v) is 5.73. The first kappa shape index (κ1) is 25.6. The summed E-state index contributed by atoms with van der Waals surface area (Å²) in [5.74, 6) is 0.429. The number of hydrogen-bond acceptors (Lipinski definition) is 5. The van der Waals surface area contributed by atoms with Gasteiger partial charge in [-0.05, 0) is 49.6 Å². The molecular weight excluding hydrogens is 430 g/mol. The Kier molecular flexibility index (Phi) is 10.7. The van der Waals surface area contributed by atoms with Crippen molar-refractivity contribution in [3.8, 4) is 5.75 Å². The van der Waals surface area contributed by atoms with E-state index >= 15 is 0 Å². The molecule has 2 aromatic carbocycles. The summed E-state index contributed by atoms with van der Waals surface area (Å²) in [4.78, 5) is 24.8. The Morgan fingerprint density at radius 3 is 2.68 bits per heavy atom. The highest BCUT2D eigenvalue weighted by atomic mass is 16.5. The topological polar surface area (TPSA) is 88.7 Å². The minimum absolute atomic E-state index is 0.0868. The highest BCUT2D eigenvalue weighted by molar-refractivity contribution is 5.96. The van der Waals surface area contributed by atoms with Gasteiger partial charge < -0.3 is 25.4 Å². The van der Waals surface area contributed by atoms with Crippen LogP contribution in [-0.4, -0.2) is 44.2 Å². The summed E-state index contributed by atoms with van der Waals surface area (Å²) < 4.78 is 11.4. The fourth-order valence-electron chi connectivity index (χ4n) is 3.83. The number of hydrogen-bond donors (Lipinski definition) is 3. The first-order chi connectivity index (χ1) is 16.6. The van der Waals surface area contributed by atoms with Gasteiger partial charge in [-0.3, -0.25) is 9.59 Å². The van der Waals surface area contributed by atoms with Crippen molar-refractivity contribution in [2.45, 2.75) is 58.0 Å². The van der Waals surface area contributed by atoms with Gasteiger partial charge in [-0.1, -0.05) is 44.7 Å². The van der Waals surface area contributed by atoms with E-state index in [0.29, 0.717) is 30.1 Å². The van der Waals surface area contributed by atoms with E-state index in [4.69, 9.17) is 9.47 Å². The van der Waals surface area contributed by atoms with Crippen LogP contribution in [0.4, 0.5) is 11.4 Å². The lowest BCUT2D eigenvalue weighted by atomic mass is 10.1. The molecule has 0 spiro atoms. The van der Waals surface area contributed by atoms with Gasteiger partial charge in [0, 0.05) is 36.2 Å². The van der Waals surface area contributed by atoms with Crippen molar-refractivity contribution in [2.75, 3.05) is 36.9 Å². The minimum Gasteiger partial charge on any atom is -0.494 e. The Bertz CT molecular complexity index is 912. The molecule has 0 saturated carbocycles. The molecule has 1 heterocycles. The van der Waals surface area contributed by atoms with E-state index in [1.165, 1.54) is 25.7 Å². The number of unbranched alkanes of at least 4 members (excludes halogenated alkanes) is 4. The van der Waals surface area contributed by atoms with Crippen LogP contribution >= 0.6 is 0 Å². The lowest BCUT2D eigenvalue weighted by Crippen LogP contribution is -2.31. The molecule has 3 N–H and O–H groups in total. The normalized spacial score (nSPS) is 15.0. The maximum atomic E-state index is 12.4. The van der Waals surface area contributed by atoms with Crippen molar-refractivity contribution >= 4 is 23.2 Å². The Labute approximate surface area is 202 Å². The van der Waals surface area contributed by atoms with Crippen LogP contribution in [0.25, 0.3) is 0 Å². The largest absolute Gasteiger partial charge is 0.494 e. The monoisotopic (exact) mass is 467 g/mol. The van der Waals surface area contributed by atoms with Crippen molar-refractivity contribution in [1.82, 2.24) is 5.32 Å². The average Bonchev–Trinajstić information content (AvgIpc) is 3.38. The van der Waals surface area contributed by atoms with Crippen molar-refractivity contribution < 1.29 is 19.1 Å². The van der Waals surface area contributed by atoms with Crippen LogP contribution in [0.3, 0.4) is 0 Å². The summed E-state index contributed by atoms with van der Waals surface area (Å²) in [5.41, 5.74) is 1.94. The number of nitrogens with one attached hydrogen (secondary N) is 3. The molecule has 7 nitrogen and oxygen atoms in total. The van der Waals surface area contributed by atoms with Gasteiger partial charge in [0.15, 0.2) is 0 Å². The molecule has 1 fully saturated rings. The third kappa shape index (κ3) is 9.06. The summed E-state index contributed by atoms with van der Waals surface area (Å²) in [5, 5.41) is 8.88. The van der Waals surface area contributed by atoms with E-state index in [1.807, 2.05) is 30.3 Å². The molecule has 0 aliphatic carbocycles. The molecule has 0 radical (unpaired) electrons. The zero-order valence-electron chi connectivity index (χ0n) is 20.1. The summed E-state index contributed by atoms with van der Waals surface area (Å²) >= 11 is 0. The van der Waals surface area contributed by atoms with Gasteiger partial charge in [0.1, 0.15) is 5.75 Å². The fourth-order valence-corrected chi connectivity index (χ4v) is 3.83. The lowest BCUT2D eigenvalue weighted by Gasteiger charge is -2.12. The molecule has 3 rings (SSSR count). The van der Waals surface area contributed by atoms with E-state index < -0.39 is 0 Å². The summed E-state index contributed by atoms with van der Waals surface area (Å²) in [6, 6.07) is 14.6. The standard InChI is InChI=1S/C27H37N3O4/c1-2-3-4-5-6-15-33-24-13-8-12-23(18-24)30-26(31)20-28-22-11-7-10-21(17-22)27(32)29-19-25-14-9-16-34-25/h7-8,10-13,17-18,25,28H,2-6,9,14-16,19-20H2,1H3,(H,29,32)(H,30,31). The quantitative estimate of drug-likeness (QED) is 0.341. The second-order valence-corrected chi connectivity index (χ2v) is 8.62. The smallest absolute Gasteiger partial charge is 0.251 e. The average molecular weight is 468 g/mol. The molecule has 0 aromatic heterocycles. The van der Waals surface area contributed by atoms with E-state index in [9.17, 15) is 9.59 Å². The maximum absolute atomic E-state index is 12.4. The van der Waals surface area contributed by atoms with Crippen LogP contribution in [0.1, 0.15) is 62.2 Å². The lowest BCUT2D eigenvalue weighted by molar-refractivity contribution is -0.114. The molecule has 34 heavy (non-hydrogen) atoms. The zero-order chi connectivity index (χ0) is 24.0. The molecule has 184 valence electrons. The van der Waals surface area contributed by atoms with Crippen LogP contribution in [0.5, 0.6) is 5.75 Å². The SMILES string of the molecule is CCCCCCCOc1cccc(NC(=O)CNc2cccc(C(=O)NCC3CCCO3)c2)c1. The van der Waals surface area contributed by atoms with Crippen molar-refractivity contribution in [2.24, 2.45) is 0 Å². The van der Waals surface area contributed by atoms with Gasteiger partial charge >= 0.3 is 0 Å². The highest BCUT2D eigenvalue weighted by Crippen LogP contribution is 2.18. The Balaban J connectivity index is 1.40. The third-order valence-electron chi connectivity index (χ3n) is 5.73. The molecule has 1 aliphatic rings. The maximum Gasteiger partial charge on any atom is 0.251 e. The first-order valence-electron chi connectivity index (χ1n) is 12.4.